The smallest absolute Gasteiger partial charge is 0.328 e. The van der Waals surface area contributed by atoms with E-state index in [1.807, 2.05) is 0 Å². The Morgan fingerprint density at radius 1 is 1.25 bits per heavy atom. The lowest BCUT2D eigenvalue weighted by Gasteiger charge is -2.36. The van der Waals surface area contributed by atoms with Gasteiger partial charge in [-0.3, -0.25) is 14.6 Å². The van der Waals surface area contributed by atoms with E-state index in [9.17, 15) is 9.59 Å². The largest absolute Gasteiger partial charge is 0.379 e. The van der Waals surface area contributed by atoms with Gasteiger partial charge in [0.2, 0.25) is 0 Å². The minimum absolute atomic E-state index is 0.627. The first-order chi connectivity index (χ1) is 5.46. The molecule has 1 fully saturated rings. The number of nitrogens with zero attached hydrogens (tertiary/aromatic N) is 2. The Bertz CT molecular complexity index is 208. The summed E-state index contributed by atoms with van der Waals surface area (Å²) in [5.74, 6) is -0.786. The fourth-order valence-electron chi connectivity index (χ4n) is 0.982. The molecule has 1 aliphatic heterocycles. The van der Waals surface area contributed by atoms with Crippen LogP contribution in [0, 0.1) is 0 Å². The van der Waals surface area contributed by atoms with E-state index in [4.69, 9.17) is 10.2 Å². The number of rotatable bonds is 0. The fraction of sp³-hybridized carbons (Fsp3) is 0.667. The van der Waals surface area contributed by atoms with Crippen LogP contribution < -0.4 is 0 Å². The second-order valence-corrected chi connectivity index (χ2v) is 2.65. The lowest BCUT2D eigenvalue weighted by atomic mass is 10.2. The number of aliphatic hydroxyl groups is 2. The first kappa shape index (κ1) is 8.95. The summed E-state index contributed by atoms with van der Waals surface area (Å²) in [7, 11) is 2.55. The SMILES string of the molecule is CN1C(=O)C(O)C(O)N(C)C1=O. The van der Waals surface area contributed by atoms with Crippen molar-refractivity contribution in [2.45, 2.75) is 12.3 Å². The van der Waals surface area contributed by atoms with Crippen molar-refractivity contribution in [3.63, 3.8) is 0 Å². The highest BCUT2D eigenvalue weighted by molar-refractivity contribution is 5.99. The molecule has 0 spiro atoms. The van der Waals surface area contributed by atoms with Crippen LogP contribution in [0.1, 0.15) is 0 Å². The molecule has 1 aliphatic rings. The fourth-order valence-corrected chi connectivity index (χ4v) is 0.982. The lowest BCUT2D eigenvalue weighted by molar-refractivity contribution is -0.156. The van der Waals surface area contributed by atoms with Crippen molar-refractivity contribution in [3.05, 3.63) is 0 Å². The van der Waals surface area contributed by atoms with Crippen molar-refractivity contribution in [1.82, 2.24) is 9.80 Å². The summed E-state index contributed by atoms with van der Waals surface area (Å²) < 4.78 is 0. The monoisotopic (exact) mass is 174 g/mol. The van der Waals surface area contributed by atoms with E-state index >= 15 is 0 Å². The molecule has 3 amide bonds. The van der Waals surface area contributed by atoms with Crippen molar-refractivity contribution in [2.24, 2.45) is 0 Å². The molecule has 0 aliphatic carbocycles. The number of hydrogen-bond donors (Lipinski definition) is 2. The molecule has 68 valence electrons. The Morgan fingerprint density at radius 3 is 2.25 bits per heavy atom. The molecule has 0 radical (unpaired) electrons. The predicted molar refractivity (Wildman–Crippen MR) is 37.9 cm³/mol. The maximum atomic E-state index is 11.1. The van der Waals surface area contributed by atoms with Crippen molar-refractivity contribution in [1.29, 1.82) is 0 Å². The Labute approximate surface area is 69.0 Å². The number of urea groups is 1. The lowest BCUT2D eigenvalue weighted by Crippen LogP contribution is -2.61. The molecule has 1 saturated heterocycles. The maximum Gasteiger partial charge on any atom is 0.328 e. The van der Waals surface area contributed by atoms with E-state index in [0.29, 0.717) is 0 Å². The minimum atomic E-state index is -1.54. The second kappa shape index (κ2) is 2.72. The molecule has 6 nitrogen and oxygen atoms in total. The normalized spacial score (nSPS) is 31.3. The first-order valence-corrected chi connectivity index (χ1v) is 3.37. The second-order valence-electron chi connectivity index (χ2n) is 2.65. The molecule has 1 rings (SSSR count). The summed E-state index contributed by atoms with van der Waals surface area (Å²) in [6.45, 7) is 0. The molecule has 0 aromatic rings. The molecule has 0 bridgehead atoms. The van der Waals surface area contributed by atoms with Gasteiger partial charge in [-0.05, 0) is 0 Å². The van der Waals surface area contributed by atoms with Gasteiger partial charge in [-0.25, -0.2) is 4.79 Å². The maximum absolute atomic E-state index is 11.1. The summed E-state index contributed by atoms with van der Waals surface area (Å²) >= 11 is 0. The van der Waals surface area contributed by atoms with Gasteiger partial charge in [0, 0.05) is 14.1 Å². The van der Waals surface area contributed by atoms with E-state index in [1.54, 1.807) is 0 Å². The van der Waals surface area contributed by atoms with E-state index in [1.165, 1.54) is 14.1 Å². The molecule has 6 heteroatoms. The van der Waals surface area contributed by atoms with Crippen LogP contribution in [0.3, 0.4) is 0 Å². The quantitative estimate of drug-likeness (QED) is 0.453. The predicted octanol–water partition coefficient (Wildman–Crippen LogP) is -1.81. The average molecular weight is 174 g/mol. The molecule has 0 saturated carbocycles. The van der Waals surface area contributed by atoms with Crippen molar-refractivity contribution < 1.29 is 19.8 Å². The third-order valence-electron chi connectivity index (χ3n) is 1.85. The van der Waals surface area contributed by atoms with Gasteiger partial charge < -0.3 is 10.2 Å². The highest BCUT2D eigenvalue weighted by Gasteiger charge is 2.40. The Morgan fingerprint density at radius 2 is 1.75 bits per heavy atom. The van der Waals surface area contributed by atoms with E-state index in [2.05, 4.69) is 0 Å². The van der Waals surface area contributed by atoms with Crippen molar-refractivity contribution in [2.75, 3.05) is 14.1 Å². The number of carbonyl (C=O) groups excluding carboxylic acids is 2. The number of hydrogen-bond acceptors (Lipinski definition) is 4. The highest BCUT2D eigenvalue weighted by Crippen LogP contribution is 2.12. The van der Waals surface area contributed by atoms with E-state index in [0.717, 1.165) is 9.80 Å². The van der Waals surface area contributed by atoms with Gasteiger partial charge in [-0.15, -0.1) is 0 Å². The highest BCUT2D eigenvalue weighted by atomic mass is 16.4. The van der Waals surface area contributed by atoms with Crippen LogP contribution >= 0.6 is 0 Å². The summed E-state index contributed by atoms with van der Waals surface area (Å²) in [6, 6.07) is -0.627. The number of imide groups is 1. The standard InChI is InChI=1S/C6H10N2O4/c1-7-4(10)3(9)5(11)8(2)6(7)12/h3-4,9-10H,1-2H3. The van der Waals surface area contributed by atoms with E-state index in [-0.39, 0.29) is 0 Å². The third-order valence-corrected chi connectivity index (χ3v) is 1.85. The summed E-state index contributed by atoms with van der Waals surface area (Å²) in [5, 5.41) is 18.2. The molecule has 2 N–H and O–H groups in total. The zero-order valence-corrected chi connectivity index (χ0v) is 6.76. The summed E-state index contributed by atoms with van der Waals surface area (Å²) in [5.41, 5.74) is 0. The zero-order chi connectivity index (χ0) is 9.46. The van der Waals surface area contributed by atoms with Crippen LogP contribution in [0.2, 0.25) is 0 Å². The van der Waals surface area contributed by atoms with Crippen LogP contribution in [-0.2, 0) is 4.79 Å². The van der Waals surface area contributed by atoms with Crippen LogP contribution in [0.4, 0.5) is 4.79 Å². The molecular weight excluding hydrogens is 164 g/mol. The topological polar surface area (TPSA) is 81.1 Å². The number of aliphatic hydroxyl groups excluding tert-OH is 2. The van der Waals surface area contributed by atoms with Gasteiger partial charge in [0.15, 0.2) is 12.3 Å². The molecule has 0 aromatic heterocycles. The van der Waals surface area contributed by atoms with Crippen LogP contribution in [0.5, 0.6) is 0 Å². The number of carbonyl (C=O) groups is 2. The minimum Gasteiger partial charge on any atom is -0.379 e. The Hall–Kier alpha value is -1.14. The van der Waals surface area contributed by atoms with Gasteiger partial charge >= 0.3 is 6.03 Å². The molecule has 0 aromatic carbocycles. The van der Waals surface area contributed by atoms with Gasteiger partial charge in [0.25, 0.3) is 5.91 Å². The Kier molecular flexibility index (Phi) is 2.03. The summed E-state index contributed by atoms with van der Waals surface area (Å²) in [4.78, 5) is 23.7. The van der Waals surface area contributed by atoms with Crippen molar-refractivity contribution >= 4 is 11.9 Å². The molecule has 2 atom stereocenters. The van der Waals surface area contributed by atoms with Gasteiger partial charge in [-0.2, -0.15) is 0 Å². The molecule has 1 heterocycles. The number of amides is 3. The van der Waals surface area contributed by atoms with Gasteiger partial charge in [0.1, 0.15) is 0 Å². The molecule has 12 heavy (non-hydrogen) atoms. The van der Waals surface area contributed by atoms with E-state index < -0.39 is 24.3 Å². The van der Waals surface area contributed by atoms with Crippen LogP contribution in [0.15, 0.2) is 0 Å². The zero-order valence-electron chi connectivity index (χ0n) is 6.76. The first-order valence-electron chi connectivity index (χ1n) is 3.37. The average Bonchev–Trinajstić information content (AvgIpc) is 2.08. The van der Waals surface area contributed by atoms with Gasteiger partial charge in [-0.1, -0.05) is 0 Å². The van der Waals surface area contributed by atoms with Crippen molar-refractivity contribution in [3.8, 4) is 0 Å². The van der Waals surface area contributed by atoms with Gasteiger partial charge in [0.05, 0.1) is 0 Å². The molecule has 2 unspecified atom stereocenters. The summed E-state index contributed by atoms with van der Waals surface area (Å²) in [6.07, 6.45) is -2.99. The Balaban J connectivity index is 2.91. The molecular formula is C6H10N2O4. The number of likely N-dealkylation sites (N-methyl/N-ethyl adjacent to an activating group) is 2. The van der Waals surface area contributed by atoms with Crippen LogP contribution in [-0.4, -0.2) is 58.4 Å². The van der Waals surface area contributed by atoms with Crippen LogP contribution in [0.25, 0.3) is 0 Å². The third kappa shape index (κ3) is 1.05.